The Labute approximate surface area is 160 Å². The van der Waals surface area contributed by atoms with Crippen molar-refractivity contribution in [2.24, 2.45) is 0 Å². The molecule has 1 fully saturated rings. The van der Waals surface area contributed by atoms with E-state index in [0.29, 0.717) is 42.1 Å². The monoisotopic (exact) mass is 396 g/mol. The van der Waals surface area contributed by atoms with Crippen molar-refractivity contribution in [1.82, 2.24) is 20.0 Å². The zero-order valence-corrected chi connectivity index (χ0v) is 16.1. The number of hydrogen-bond acceptors (Lipinski definition) is 5. The summed E-state index contributed by atoms with van der Waals surface area (Å²) in [6.07, 6.45) is 2.09. The third kappa shape index (κ3) is 4.84. The van der Waals surface area contributed by atoms with Gasteiger partial charge in [-0.25, -0.2) is 0 Å². The van der Waals surface area contributed by atoms with Gasteiger partial charge < -0.3 is 15.0 Å². The standard InChI is InChI=1S/C17H21ClN4O3S/c1-12-4-6-21(20-12)7-5-19-16(23)10-13-11-25-9-8-22(13)17(24)14-2-3-15(18)26-14/h2-4,6,13H,5,7-11H2,1H3,(H,19,23)/t13-/m0/s1. The van der Waals surface area contributed by atoms with Gasteiger partial charge in [0, 0.05) is 25.7 Å². The van der Waals surface area contributed by atoms with Crippen molar-refractivity contribution in [2.45, 2.75) is 25.9 Å². The topological polar surface area (TPSA) is 76.5 Å². The van der Waals surface area contributed by atoms with Crippen molar-refractivity contribution < 1.29 is 14.3 Å². The molecule has 3 rings (SSSR count). The number of aromatic nitrogens is 2. The second-order valence-corrected chi connectivity index (χ2v) is 7.82. The van der Waals surface area contributed by atoms with Gasteiger partial charge in [0.2, 0.25) is 5.91 Å². The van der Waals surface area contributed by atoms with E-state index in [1.807, 2.05) is 19.2 Å². The van der Waals surface area contributed by atoms with Crippen molar-refractivity contribution in [3.63, 3.8) is 0 Å². The Morgan fingerprint density at radius 2 is 2.27 bits per heavy atom. The Hall–Kier alpha value is -1.90. The van der Waals surface area contributed by atoms with Crippen molar-refractivity contribution in [2.75, 3.05) is 26.3 Å². The molecule has 0 unspecified atom stereocenters. The van der Waals surface area contributed by atoms with Gasteiger partial charge in [0.1, 0.15) is 0 Å². The van der Waals surface area contributed by atoms with E-state index < -0.39 is 0 Å². The highest BCUT2D eigenvalue weighted by Gasteiger charge is 2.30. The highest BCUT2D eigenvalue weighted by atomic mass is 35.5. The average Bonchev–Trinajstić information content (AvgIpc) is 3.23. The number of ether oxygens (including phenoxy) is 1. The molecule has 1 aliphatic rings. The molecular weight excluding hydrogens is 376 g/mol. The van der Waals surface area contributed by atoms with Gasteiger partial charge in [-0.05, 0) is 25.1 Å². The minimum atomic E-state index is -0.274. The third-order valence-electron chi connectivity index (χ3n) is 4.13. The second kappa shape index (κ2) is 8.66. The molecule has 0 saturated carbocycles. The number of hydrogen-bond donors (Lipinski definition) is 1. The molecule has 1 atom stereocenters. The van der Waals surface area contributed by atoms with Crippen LogP contribution in [-0.2, 0) is 16.1 Å². The number of nitrogens with zero attached hydrogens (tertiary/aromatic N) is 3. The SMILES string of the molecule is Cc1ccn(CCNC(=O)C[C@H]2COCCN2C(=O)c2ccc(Cl)s2)n1. The summed E-state index contributed by atoms with van der Waals surface area (Å²) in [4.78, 5) is 27.2. The number of nitrogens with one attached hydrogen (secondary N) is 1. The van der Waals surface area contributed by atoms with Crippen molar-refractivity contribution >= 4 is 34.8 Å². The quantitative estimate of drug-likeness (QED) is 0.809. The van der Waals surface area contributed by atoms with Crippen LogP contribution in [0.25, 0.3) is 0 Å². The number of rotatable bonds is 6. The number of carbonyl (C=O) groups is 2. The van der Waals surface area contributed by atoms with Gasteiger partial charge in [-0.1, -0.05) is 11.6 Å². The van der Waals surface area contributed by atoms with E-state index in [4.69, 9.17) is 16.3 Å². The van der Waals surface area contributed by atoms with Crippen molar-refractivity contribution in [3.8, 4) is 0 Å². The van der Waals surface area contributed by atoms with Crippen LogP contribution in [0.2, 0.25) is 4.34 Å². The minimum absolute atomic E-state index is 0.102. The predicted octanol–water partition coefficient (Wildman–Crippen LogP) is 1.95. The summed E-state index contributed by atoms with van der Waals surface area (Å²) >= 11 is 7.17. The van der Waals surface area contributed by atoms with E-state index in [-0.39, 0.29) is 24.3 Å². The summed E-state index contributed by atoms with van der Waals surface area (Å²) in [6, 6.07) is 5.07. The average molecular weight is 397 g/mol. The van der Waals surface area contributed by atoms with E-state index >= 15 is 0 Å². The van der Waals surface area contributed by atoms with Gasteiger partial charge in [-0.2, -0.15) is 5.10 Å². The second-order valence-electron chi connectivity index (χ2n) is 6.11. The first-order valence-corrected chi connectivity index (χ1v) is 9.63. The van der Waals surface area contributed by atoms with E-state index in [2.05, 4.69) is 10.4 Å². The van der Waals surface area contributed by atoms with Crippen LogP contribution in [0.3, 0.4) is 0 Å². The highest BCUT2D eigenvalue weighted by Crippen LogP contribution is 2.24. The molecule has 3 heterocycles. The first-order chi connectivity index (χ1) is 12.5. The largest absolute Gasteiger partial charge is 0.377 e. The van der Waals surface area contributed by atoms with E-state index in [1.54, 1.807) is 21.7 Å². The number of carbonyl (C=O) groups excluding carboxylic acids is 2. The maximum absolute atomic E-state index is 12.7. The molecule has 2 aromatic heterocycles. The molecule has 1 saturated heterocycles. The van der Waals surface area contributed by atoms with Crippen LogP contribution in [0.1, 0.15) is 21.8 Å². The lowest BCUT2D eigenvalue weighted by atomic mass is 10.1. The first kappa shape index (κ1) is 18.9. The van der Waals surface area contributed by atoms with Crippen LogP contribution >= 0.6 is 22.9 Å². The zero-order chi connectivity index (χ0) is 18.5. The molecule has 26 heavy (non-hydrogen) atoms. The van der Waals surface area contributed by atoms with Gasteiger partial charge in [0.25, 0.3) is 5.91 Å². The Morgan fingerprint density at radius 3 is 2.96 bits per heavy atom. The Balaban J connectivity index is 1.52. The molecule has 1 aliphatic heterocycles. The van der Waals surface area contributed by atoms with Crippen molar-refractivity contribution in [1.29, 1.82) is 0 Å². The van der Waals surface area contributed by atoms with Gasteiger partial charge in [0.05, 0.1) is 40.7 Å². The number of thiophene rings is 1. The number of halogens is 1. The molecule has 140 valence electrons. The molecule has 0 aromatic carbocycles. The number of morpholine rings is 1. The minimum Gasteiger partial charge on any atom is -0.377 e. The normalized spacial score (nSPS) is 17.3. The summed E-state index contributed by atoms with van der Waals surface area (Å²) in [5, 5.41) is 7.16. The molecule has 0 bridgehead atoms. The fourth-order valence-corrected chi connectivity index (χ4v) is 3.85. The molecule has 0 aliphatic carbocycles. The first-order valence-electron chi connectivity index (χ1n) is 8.44. The van der Waals surface area contributed by atoms with Gasteiger partial charge >= 0.3 is 0 Å². The van der Waals surface area contributed by atoms with Crippen LogP contribution < -0.4 is 5.32 Å². The molecule has 0 radical (unpaired) electrons. The summed E-state index contributed by atoms with van der Waals surface area (Å²) in [6.45, 7) is 4.32. The van der Waals surface area contributed by atoms with Gasteiger partial charge in [-0.3, -0.25) is 14.3 Å². The lowest BCUT2D eigenvalue weighted by Crippen LogP contribution is -2.50. The lowest BCUT2D eigenvalue weighted by molar-refractivity contribution is -0.123. The molecule has 2 aromatic rings. The fourth-order valence-electron chi connectivity index (χ4n) is 2.85. The van der Waals surface area contributed by atoms with Crippen LogP contribution in [0, 0.1) is 6.92 Å². The Morgan fingerprint density at radius 1 is 1.42 bits per heavy atom. The predicted molar refractivity (Wildman–Crippen MR) is 99.6 cm³/mol. The molecular formula is C17H21ClN4O3S. The summed E-state index contributed by atoms with van der Waals surface area (Å²) in [5.74, 6) is -0.207. The van der Waals surface area contributed by atoms with Gasteiger partial charge in [-0.15, -0.1) is 11.3 Å². The van der Waals surface area contributed by atoms with E-state index in [0.717, 1.165) is 5.69 Å². The summed E-state index contributed by atoms with van der Waals surface area (Å²) < 4.78 is 7.83. The molecule has 1 N–H and O–H groups in total. The van der Waals surface area contributed by atoms with Crippen LogP contribution in [0.5, 0.6) is 0 Å². The third-order valence-corrected chi connectivity index (χ3v) is 5.35. The number of aryl methyl sites for hydroxylation is 1. The Kier molecular flexibility index (Phi) is 6.29. The van der Waals surface area contributed by atoms with E-state index in [1.165, 1.54) is 11.3 Å². The Bertz CT molecular complexity index is 776. The molecule has 7 nitrogen and oxygen atoms in total. The summed E-state index contributed by atoms with van der Waals surface area (Å²) in [5.41, 5.74) is 0.943. The lowest BCUT2D eigenvalue weighted by Gasteiger charge is -2.35. The van der Waals surface area contributed by atoms with Crippen molar-refractivity contribution in [3.05, 3.63) is 39.3 Å². The van der Waals surface area contributed by atoms with Crippen LogP contribution in [0.15, 0.2) is 24.4 Å². The van der Waals surface area contributed by atoms with Crippen LogP contribution in [0.4, 0.5) is 0 Å². The molecule has 9 heteroatoms. The maximum atomic E-state index is 12.7. The number of amides is 2. The zero-order valence-electron chi connectivity index (χ0n) is 14.5. The van der Waals surface area contributed by atoms with Gasteiger partial charge in [0.15, 0.2) is 0 Å². The summed E-state index contributed by atoms with van der Waals surface area (Å²) in [7, 11) is 0. The highest BCUT2D eigenvalue weighted by molar-refractivity contribution is 7.17. The smallest absolute Gasteiger partial charge is 0.264 e. The van der Waals surface area contributed by atoms with E-state index in [9.17, 15) is 9.59 Å². The molecule has 2 amide bonds. The molecule has 0 spiro atoms. The fraction of sp³-hybridized carbons (Fsp3) is 0.471. The maximum Gasteiger partial charge on any atom is 0.264 e. The van der Waals surface area contributed by atoms with Crippen LogP contribution in [-0.4, -0.2) is 58.8 Å².